The van der Waals surface area contributed by atoms with Crippen LogP contribution in [-0.4, -0.2) is 33.3 Å². The molecule has 1 aromatic rings. The molecule has 1 aromatic carbocycles. The highest BCUT2D eigenvalue weighted by molar-refractivity contribution is 5.56. The number of anilines is 1. The van der Waals surface area contributed by atoms with Gasteiger partial charge in [-0.05, 0) is 62.9 Å². The molecular weight excluding hydrogens is 236 g/mol. The summed E-state index contributed by atoms with van der Waals surface area (Å²) in [5.74, 6) is 1.01. The van der Waals surface area contributed by atoms with Crippen molar-refractivity contribution in [2.45, 2.75) is 39.2 Å². The zero-order valence-corrected chi connectivity index (χ0v) is 12.6. The molecule has 3 nitrogen and oxygen atoms in total. The molecule has 0 aliphatic carbocycles. The van der Waals surface area contributed by atoms with E-state index in [1.54, 1.807) is 7.11 Å². The van der Waals surface area contributed by atoms with Crippen molar-refractivity contribution in [1.82, 2.24) is 5.32 Å². The lowest BCUT2D eigenvalue weighted by atomic mass is 10.1. The fourth-order valence-electron chi connectivity index (χ4n) is 2.95. The summed E-state index contributed by atoms with van der Waals surface area (Å²) < 4.78 is 5.42. The molecule has 1 fully saturated rings. The first-order chi connectivity index (χ1) is 9.11. The Balaban J connectivity index is 2.00. The van der Waals surface area contributed by atoms with Gasteiger partial charge in [-0.15, -0.1) is 0 Å². The van der Waals surface area contributed by atoms with E-state index in [-0.39, 0.29) is 0 Å². The van der Waals surface area contributed by atoms with Crippen LogP contribution in [0.1, 0.15) is 30.4 Å². The molecule has 1 aliphatic heterocycles. The van der Waals surface area contributed by atoms with Gasteiger partial charge in [0.05, 0.1) is 7.11 Å². The minimum absolute atomic E-state index is 0.711. The van der Waals surface area contributed by atoms with Gasteiger partial charge >= 0.3 is 0 Å². The Morgan fingerprint density at radius 3 is 2.53 bits per heavy atom. The Kier molecular flexibility index (Phi) is 4.70. The van der Waals surface area contributed by atoms with Crippen LogP contribution in [0.15, 0.2) is 12.1 Å². The quantitative estimate of drug-likeness (QED) is 0.883. The molecule has 1 atom stereocenters. The van der Waals surface area contributed by atoms with Crippen molar-refractivity contribution in [1.29, 1.82) is 0 Å². The SMILES string of the molecule is COc1c(C)cc(N(C)CCC2CCCN2)cc1C. The van der Waals surface area contributed by atoms with Crippen molar-refractivity contribution in [3.8, 4) is 5.75 Å². The third-order valence-electron chi connectivity index (χ3n) is 4.07. The number of aryl methyl sites for hydroxylation is 2. The fourth-order valence-corrected chi connectivity index (χ4v) is 2.95. The van der Waals surface area contributed by atoms with Crippen LogP contribution in [0.2, 0.25) is 0 Å². The van der Waals surface area contributed by atoms with Crippen LogP contribution in [-0.2, 0) is 0 Å². The van der Waals surface area contributed by atoms with Gasteiger partial charge in [0, 0.05) is 25.3 Å². The van der Waals surface area contributed by atoms with Crippen molar-refractivity contribution in [3.05, 3.63) is 23.3 Å². The van der Waals surface area contributed by atoms with Gasteiger partial charge in [0.15, 0.2) is 0 Å². The van der Waals surface area contributed by atoms with Crippen molar-refractivity contribution in [2.24, 2.45) is 0 Å². The molecule has 0 radical (unpaired) electrons. The second-order valence-corrected chi connectivity index (χ2v) is 5.62. The van der Waals surface area contributed by atoms with Gasteiger partial charge in [-0.25, -0.2) is 0 Å². The molecule has 1 aliphatic rings. The van der Waals surface area contributed by atoms with Gasteiger partial charge in [-0.3, -0.25) is 0 Å². The Hall–Kier alpha value is -1.22. The molecule has 0 bridgehead atoms. The maximum Gasteiger partial charge on any atom is 0.124 e. The molecule has 0 amide bonds. The van der Waals surface area contributed by atoms with Crippen molar-refractivity contribution < 1.29 is 4.74 Å². The lowest BCUT2D eigenvalue weighted by Gasteiger charge is -2.23. The first kappa shape index (κ1) is 14.2. The number of benzene rings is 1. The molecule has 2 rings (SSSR count). The largest absolute Gasteiger partial charge is 0.496 e. The van der Waals surface area contributed by atoms with Crippen LogP contribution in [0, 0.1) is 13.8 Å². The van der Waals surface area contributed by atoms with Crippen LogP contribution in [0.4, 0.5) is 5.69 Å². The molecular formula is C16H26N2O. The van der Waals surface area contributed by atoms with Crippen LogP contribution in [0.25, 0.3) is 0 Å². The monoisotopic (exact) mass is 262 g/mol. The van der Waals surface area contributed by atoms with Gasteiger partial charge in [-0.2, -0.15) is 0 Å². The number of ether oxygens (including phenoxy) is 1. The average molecular weight is 262 g/mol. The van der Waals surface area contributed by atoms with E-state index >= 15 is 0 Å². The summed E-state index contributed by atoms with van der Waals surface area (Å²) in [6.45, 7) is 6.52. The van der Waals surface area contributed by atoms with E-state index in [0.29, 0.717) is 6.04 Å². The number of rotatable bonds is 5. The predicted molar refractivity (Wildman–Crippen MR) is 81.4 cm³/mol. The molecule has 0 saturated carbocycles. The van der Waals surface area contributed by atoms with Crippen LogP contribution in [0.3, 0.4) is 0 Å². The zero-order valence-electron chi connectivity index (χ0n) is 12.6. The van der Waals surface area contributed by atoms with E-state index in [0.717, 1.165) is 12.3 Å². The van der Waals surface area contributed by atoms with Crippen LogP contribution in [0.5, 0.6) is 5.75 Å². The summed E-state index contributed by atoms with van der Waals surface area (Å²) in [4.78, 5) is 2.35. The Labute approximate surface area is 116 Å². The predicted octanol–water partition coefficient (Wildman–Crippen LogP) is 2.89. The smallest absolute Gasteiger partial charge is 0.124 e. The lowest BCUT2D eigenvalue weighted by molar-refractivity contribution is 0.408. The molecule has 19 heavy (non-hydrogen) atoms. The maximum atomic E-state index is 5.42. The Morgan fingerprint density at radius 2 is 2.00 bits per heavy atom. The molecule has 0 spiro atoms. The number of nitrogens with zero attached hydrogens (tertiary/aromatic N) is 1. The zero-order chi connectivity index (χ0) is 13.8. The van der Waals surface area contributed by atoms with E-state index in [1.807, 2.05) is 0 Å². The van der Waals surface area contributed by atoms with Gasteiger partial charge in [0.1, 0.15) is 5.75 Å². The highest BCUT2D eigenvalue weighted by Gasteiger charge is 2.15. The van der Waals surface area contributed by atoms with E-state index in [4.69, 9.17) is 4.74 Å². The summed E-state index contributed by atoms with van der Waals surface area (Å²) in [5.41, 5.74) is 3.71. The molecule has 1 N–H and O–H groups in total. The Bertz CT molecular complexity index is 402. The summed E-state index contributed by atoms with van der Waals surface area (Å²) in [5, 5.41) is 3.56. The minimum atomic E-state index is 0.711. The number of hydrogen-bond donors (Lipinski definition) is 1. The lowest BCUT2D eigenvalue weighted by Crippen LogP contribution is -2.28. The molecule has 3 heteroatoms. The first-order valence-corrected chi connectivity index (χ1v) is 7.21. The van der Waals surface area contributed by atoms with Gasteiger partial charge in [0.25, 0.3) is 0 Å². The first-order valence-electron chi connectivity index (χ1n) is 7.21. The van der Waals surface area contributed by atoms with Crippen molar-refractivity contribution in [2.75, 3.05) is 32.1 Å². The average Bonchev–Trinajstić information content (AvgIpc) is 2.88. The fraction of sp³-hybridized carbons (Fsp3) is 0.625. The minimum Gasteiger partial charge on any atom is -0.496 e. The van der Waals surface area contributed by atoms with Crippen LogP contribution >= 0.6 is 0 Å². The number of methoxy groups -OCH3 is 1. The number of nitrogens with one attached hydrogen (secondary N) is 1. The molecule has 106 valence electrons. The summed E-state index contributed by atoms with van der Waals surface area (Å²) in [6.07, 6.45) is 3.88. The molecule has 1 unspecified atom stereocenters. The third kappa shape index (κ3) is 3.41. The molecule has 0 aromatic heterocycles. The second kappa shape index (κ2) is 6.29. The topological polar surface area (TPSA) is 24.5 Å². The summed E-state index contributed by atoms with van der Waals surface area (Å²) in [6, 6.07) is 5.14. The standard InChI is InChI=1S/C16H26N2O/c1-12-10-15(11-13(2)16(12)19-4)18(3)9-7-14-6-5-8-17-14/h10-11,14,17H,5-9H2,1-4H3. The van der Waals surface area contributed by atoms with Gasteiger partial charge < -0.3 is 15.0 Å². The summed E-state index contributed by atoms with van der Waals surface area (Å²) >= 11 is 0. The third-order valence-corrected chi connectivity index (χ3v) is 4.07. The normalized spacial score (nSPS) is 18.6. The van der Waals surface area contributed by atoms with Crippen LogP contribution < -0.4 is 15.0 Å². The highest BCUT2D eigenvalue weighted by atomic mass is 16.5. The molecule has 1 saturated heterocycles. The maximum absolute atomic E-state index is 5.42. The van der Waals surface area contributed by atoms with Gasteiger partial charge in [0.2, 0.25) is 0 Å². The summed E-state index contributed by atoms with van der Waals surface area (Å²) in [7, 11) is 3.92. The Morgan fingerprint density at radius 1 is 1.32 bits per heavy atom. The van der Waals surface area contributed by atoms with Gasteiger partial charge in [-0.1, -0.05) is 0 Å². The van der Waals surface area contributed by atoms with E-state index < -0.39 is 0 Å². The molecule has 1 heterocycles. The van der Waals surface area contributed by atoms with E-state index in [2.05, 4.69) is 43.2 Å². The van der Waals surface area contributed by atoms with Crippen molar-refractivity contribution in [3.63, 3.8) is 0 Å². The number of hydrogen-bond acceptors (Lipinski definition) is 3. The highest BCUT2D eigenvalue weighted by Crippen LogP contribution is 2.28. The van der Waals surface area contributed by atoms with E-state index in [1.165, 1.54) is 42.6 Å². The van der Waals surface area contributed by atoms with E-state index in [9.17, 15) is 0 Å². The van der Waals surface area contributed by atoms with Crippen molar-refractivity contribution >= 4 is 5.69 Å². The second-order valence-electron chi connectivity index (χ2n) is 5.62.